The first-order chi connectivity index (χ1) is 8.54. The summed E-state index contributed by atoms with van der Waals surface area (Å²) in [5.41, 5.74) is 2.32. The topological polar surface area (TPSA) is 86.0 Å². The molecule has 1 aromatic rings. The van der Waals surface area contributed by atoms with E-state index < -0.39 is 5.97 Å². The van der Waals surface area contributed by atoms with E-state index >= 15 is 0 Å². The minimum atomic E-state index is -0.780. The predicted molar refractivity (Wildman–Crippen MR) is 68.4 cm³/mol. The van der Waals surface area contributed by atoms with Crippen LogP contribution in [0, 0.1) is 25.2 Å². The molecule has 0 aliphatic heterocycles. The average molecular weight is 247 g/mol. The van der Waals surface area contributed by atoms with E-state index in [9.17, 15) is 4.79 Å². The van der Waals surface area contributed by atoms with E-state index in [1.807, 2.05) is 19.9 Å². The zero-order valence-electron chi connectivity index (χ0n) is 10.7. The fraction of sp³-hybridized carbons (Fsp3) is 0.462. The molecule has 0 aliphatic carbocycles. The second kappa shape index (κ2) is 6.60. The van der Waals surface area contributed by atoms with Crippen LogP contribution in [0.2, 0.25) is 0 Å². The molecule has 0 amide bonds. The van der Waals surface area contributed by atoms with E-state index in [1.165, 1.54) is 0 Å². The zero-order chi connectivity index (χ0) is 13.5. The number of hydrogen-bond acceptors (Lipinski definition) is 4. The molecule has 0 radical (unpaired) electrons. The van der Waals surface area contributed by atoms with Gasteiger partial charge in [0.15, 0.2) is 0 Å². The molecule has 0 atom stereocenters. The van der Waals surface area contributed by atoms with Gasteiger partial charge in [0.1, 0.15) is 11.9 Å². The van der Waals surface area contributed by atoms with Crippen molar-refractivity contribution < 1.29 is 9.90 Å². The Morgan fingerprint density at radius 3 is 2.83 bits per heavy atom. The molecule has 1 rings (SSSR count). The number of rotatable bonds is 6. The van der Waals surface area contributed by atoms with Crippen LogP contribution in [-0.4, -0.2) is 22.6 Å². The van der Waals surface area contributed by atoms with Crippen LogP contribution >= 0.6 is 0 Å². The summed E-state index contributed by atoms with van der Waals surface area (Å²) in [5.74, 6) is -0.192. The van der Waals surface area contributed by atoms with Gasteiger partial charge in [0, 0.05) is 18.7 Å². The maximum atomic E-state index is 10.3. The Morgan fingerprint density at radius 1 is 1.50 bits per heavy atom. The smallest absolute Gasteiger partial charge is 0.303 e. The van der Waals surface area contributed by atoms with Crippen molar-refractivity contribution in [3.05, 3.63) is 22.9 Å². The standard InChI is InChI=1S/C13H17N3O2/c1-9-7-10(2)16-13(11(9)8-14)15-6-4-3-5-12(17)18/h7H,3-6H2,1-2H3,(H,15,16)(H,17,18). The molecule has 2 N–H and O–H groups in total. The summed E-state index contributed by atoms with van der Waals surface area (Å²) in [4.78, 5) is 14.6. The minimum Gasteiger partial charge on any atom is -0.481 e. The monoisotopic (exact) mass is 247 g/mol. The largest absolute Gasteiger partial charge is 0.481 e. The Labute approximate surface area is 106 Å². The van der Waals surface area contributed by atoms with Crippen molar-refractivity contribution in [3.8, 4) is 6.07 Å². The van der Waals surface area contributed by atoms with Crippen molar-refractivity contribution in [2.45, 2.75) is 33.1 Å². The average Bonchev–Trinajstić information content (AvgIpc) is 2.27. The summed E-state index contributed by atoms with van der Waals surface area (Å²) in [6, 6.07) is 4.00. The molecule has 1 heterocycles. The molecule has 5 nitrogen and oxygen atoms in total. The van der Waals surface area contributed by atoms with Crippen LogP contribution in [0.4, 0.5) is 5.82 Å². The zero-order valence-corrected chi connectivity index (χ0v) is 10.7. The van der Waals surface area contributed by atoms with Gasteiger partial charge in [0.2, 0.25) is 0 Å². The fourth-order valence-corrected chi connectivity index (χ4v) is 1.71. The summed E-state index contributed by atoms with van der Waals surface area (Å²) in [7, 11) is 0. The molecule has 0 aliphatic rings. The number of unbranched alkanes of at least 4 members (excludes halogenated alkanes) is 1. The number of anilines is 1. The normalized spacial score (nSPS) is 9.83. The minimum absolute atomic E-state index is 0.174. The first-order valence-electron chi connectivity index (χ1n) is 5.88. The summed E-state index contributed by atoms with van der Waals surface area (Å²) >= 11 is 0. The first kappa shape index (κ1) is 14.0. The molecule has 5 heteroatoms. The maximum Gasteiger partial charge on any atom is 0.303 e. The lowest BCUT2D eigenvalue weighted by molar-refractivity contribution is -0.137. The van der Waals surface area contributed by atoms with Crippen molar-refractivity contribution in [2.24, 2.45) is 0 Å². The molecule has 0 spiro atoms. The molecule has 0 saturated heterocycles. The van der Waals surface area contributed by atoms with E-state index in [-0.39, 0.29) is 6.42 Å². The molecule has 0 aromatic carbocycles. The molecule has 96 valence electrons. The Bertz CT molecular complexity index is 478. The van der Waals surface area contributed by atoms with Gasteiger partial charge < -0.3 is 10.4 Å². The summed E-state index contributed by atoms with van der Waals surface area (Å²) < 4.78 is 0. The number of carboxylic acid groups (broad SMARTS) is 1. The van der Waals surface area contributed by atoms with Crippen LogP contribution in [0.25, 0.3) is 0 Å². The van der Waals surface area contributed by atoms with Crippen LogP contribution in [0.5, 0.6) is 0 Å². The number of nitrogens with one attached hydrogen (secondary N) is 1. The molecule has 1 aromatic heterocycles. The van der Waals surface area contributed by atoms with Gasteiger partial charge >= 0.3 is 5.97 Å². The van der Waals surface area contributed by atoms with Crippen LogP contribution < -0.4 is 5.32 Å². The molecule has 0 unspecified atom stereocenters. The van der Waals surface area contributed by atoms with Gasteiger partial charge in [-0.3, -0.25) is 4.79 Å². The number of nitrogens with zero attached hydrogens (tertiary/aromatic N) is 2. The van der Waals surface area contributed by atoms with Gasteiger partial charge in [-0.05, 0) is 38.3 Å². The predicted octanol–water partition coefficient (Wildman–Crippen LogP) is 2.24. The van der Waals surface area contributed by atoms with Crippen molar-refractivity contribution in [1.29, 1.82) is 5.26 Å². The van der Waals surface area contributed by atoms with Crippen molar-refractivity contribution in [1.82, 2.24) is 4.98 Å². The van der Waals surface area contributed by atoms with E-state index in [0.717, 1.165) is 17.7 Å². The third-order valence-electron chi connectivity index (χ3n) is 2.57. The Balaban J connectivity index is 2.57. The first-order valence-corrected chi connectivity index (χ1v) is 5.88. The lowest BCUT2D eigenvalue weighted by Gasteiger charge is -2.09. The SMILES string of the molecule is Cc1cc(C)c(C#N)c(NCCCCC(=O)O)n1. The van der Waals surface area contributed by atoms with Gasteiger partial charge in [-0.2, -0.15) is 5.26 Å². The molecule has 18 heavy (non-hydrogen) atoms. The quantitative estimate of drug-likeness (QED) is 0.753. The van der Waals surface area contributed by atoms with Crippen LogP contribution in [0.3, 0.4) is 0 Å². The number of aromatic nitrogens is 1. The lowest BCUT2D eigenvalue weighted by atomic mass is 10.1. The highest BCUT2D eigenvalue weighted by Crippen LogP contribution is 2.17. The van der Waals surface area contributed by atoms with Crippen LogP contribution in [-0.2, 0) is 4.79 Å². The third kappa shape index (κ3) is 4.06. The number of carboxylic acids is 1. The number of nitriles is 1. The van der Waals surface area contributed by atoms with Gasteiger partial charge in [-0.25, -0.2) is 4.98 Å². The summed E-state index contributed by atoms with van der Waals surface area (Å²) in [5, 5.41) is 20.7. The van der Waals surface area contributed by atoms with E-state index in [4.69, 9.17) is 10.4 Å². The fourth-order valence-electron chi connectivity index (χ4n) is 1.71. The van der Waals surface area contributed by atoms with Crippen molar-refractivity contribution >= 4 is 11.8 Å². The Hall–Kier alpha value is -2.09. The third-order valence-corrected chi connectivity index (χ3v) is 2.57. The molecule has 0 saturated carbocycles. The lowest BCUT2D eigenvalue weighted by Crippen LogP contribution is -2.08. The number of carbonyl (C=O) groups is 1. The Kier molecular flexibility index (Phi) is 5.12. The summed E-state index contributed by atoms with van der Waals surface area (Å²) in [6.45, 7) is 4.38. The van der Waals surface area contributed by atoms with Crippen LogP contribution in [0.15, 0.2) is 6.07 Å². The number of hydrogen-bond donors (Lipinski definition) is 2. The number of aliphatic carboxylic acids is 1. The van der Waals surface area contributed by atoms with Crippen LogP contribution in [0.1, 0.15) is 36.1 Å². The van der Waals surface area contributed by atoms with E-state index in [2.05, 4.69) is 16.4 Å². The molecular formula is C13H17N3O2. The second-order valence-electron chi connectivity index (χ2n) is 4.19. The second-order valence-corrected chi connectivity index (χ2v) is 4.19. The number of pyridine rings is 1. The molecule has 0 fully saturated rings. The van der Waals surface area contributed by atoms with E-state index in [0.29, 0.717) is 24.3 Å². The highest BCUT2D eigenvalue weighted by Gasteiger charge is 2.07. The highest BCUT2D eigenvalue weighted by molar-refractivity contribution is 5.66. The maximum absolute atomic E-state index is 10.3. The van der Waals surface area contributed by atoms with Crippen molar-refractivity contribution in [2.75, 3.05) is 11.9 Å². The Morgan fingerprint density at radius 2 is 2.22 bits per heavy atom. The van der Waals surface area contributed by atoms with Gasteiger partial charge in [0.25, 0.3) is 0 Å². The molecular weight excluding hydrogens is 230 g/mol. The molecule has 0 bridgehead atoms. The van der Waals surface area contributed by atoms with Gasteiger partial charge in [-0.1, -0.05) is 0 Å². The number of aryl methyl sites for hydroxylation is 2. The van der Waals surface area contributed by atoms with Gasteiger partial charge in [-0.15, -0.1) is 0 Å². The van der Waals surface area contributed by atoms with Gasteiger partial charge in [0.05, 0.1) is 5.56 Å². The highest BCUT2D eigenvalue weighted by atomic mass is 16.4. The summed E-state index contributed by atoms with van der Waals surface area (Å²) in [6.07, 6.45) is 1.54. The van der Waals surface area contributed by atoms with Crippen molar-refractivity contribution in [3.63, 3.8) is 0 Å². The van der Waals surface area contributed by atoms with E-state index in [1.54, 1.807) is 0 Å².